The molecule has 1 saturated heterocycles. The Kier molecular flexibility index (Phi) is 3.46. The van der Waals surface area contributed by atoms with Crippen LogP contribution in [0.4, 0.5) is 0 Å². The van der Waals surface area contributed by atoms with Gasteiger partial charge in [-0.25, -0.2) is 0 Å². The average molecular weight is 199 g/mol. The molecule has 0 saturated carbocycles. The number of piperazine rings is 1. The minimum absolute atomic E-state index is 0.0791. The van der Waals surface area contributed by atoms with Crippen molar-refractivity contribution in [1.82, 2.24) is 9.80 Å². The lowest BCUT2D eigenvalue weighted by atomic mass is 10.1. The Morgan fingerprint density at radius 1 is 1.43 bits per heavy atom. The molecule has 0 bridgehead atoms. The highest BCUT2D eigenvalue weighted by atomic mass is 16.2. The van der Waals surface area contributed by atoms with Gasteiger partial charge in [-0.05, 0) is 6.54 Å². The predicted octanol–water partition coefficient (Wildman–Crippen LogP) is -0.976. The zero-order valence-corrected chi connectivity index (χ0v) is 8.69. The number of primary amides is 1. The second-order valence-corrected chi connectivity index (χ2v) is 3.52. The lowest BCUT2D eigenvalue weighted by Gasteiger charge is -2.38. The van der Waals surface area contributed by atoms with Gasteiger partial charge in [0.15, 0.2) is 0 Å². The Hall–Kier alpha value is -1.10. The molecular formula is C9H17N3O2. The Labute approximate surface area is 83.8 Å². The normalized spacial score (nSPS) is 23.6. The van der Waals surface area contributed by atoms with Crippen molar-refractivity contribution >= 4 is 11.8 Å². The molecule has 80 valence electrons. The van der Waals surface area contributed by atoms with E-state index in [0.29, 0.717) is 13.1 Å². The summed E-state index contributed by atoms with van der Waals surface area (Å²) in [6.07, 6.45) is 0. The third kappa shape index (κ3) is 2.23. The van der Waals surface area contributed by atoms with Crippen molar-refractivity contribution in [3.8, 4) is 0 Å². The van der Waals surface area contributed by atoms with E-state index >= 15 is 0 Å². The lowest BCUT2D eigenvalue weighted by molar-refractivity contribution is -0.140. The van der Waals surface area contributed by atoms with Gasteiger partial charge in [0.1, 0.15) is 6.04 Å². The van der Waals surface area contributed by atoms with Crippen LogP contribution in [-0.2, 0) is 9.59 Å². The van der Waals surface area contributed by atoms with Crippen LogP contribution < -0.4 is 5.73 Å². The average Bonchev–Trinajstić information content (AvgIpc) is 2.16. The van der Waals surface area contributed by atoms with E-state index in [0.717, 1.165) is 13.1 Å². The van der Waals surface area contributed by atoms with Crippen molar-refractivity contribution in [3.63, 3.8) is 0 Å². The Morgan fingerprint density at radius 3 is 2.50 bits per heavy atom. The van der Waals surface area contributed by atoms with E-state index in [1.807, 2.05) is 6.92 Å². The summed E-state index contributed by atoms with van der Waals surface area (Å²) >= 11 is 0. The Balaban J connectivity index is 2.70. The third-order valence-electron chi connectivity index (χ3n) is 2.64. The van der Waals surface area contributed by atoms with Gasteiger partial charge in [-0.15, -0.1) is 0 Å². The number of nitrogens with two attached hydrogens (primary N) is 1. The van der Waals surface area contributed by atoms with Crippen LogP contribution in [0.5, 0.6) is 0 Å². The molecule has 2 amide bonds. The van der Waals surface area contributed by atoms with Gasteiger partial charge in [-0.2, -0.15) is 0 Å². The number of hydrogen-bond acceptors (Lipinski definition) is 3. The Bertz CT molecular complexity index is 242. The molecule has 0 aliphatic carbocycles. The number of carbonyl (C=O) groups is 2. The van der Waals surface area contributed by atoms with Gasteiger partial charge >= 0.3 is 0 Å². The van der Waals surface area contributed by atoms with E-state index in [-0.39, 0.29) is 5.91 Å². The van der Waals surface area contributed by atoms with Gasteiger partial charge in [-0.3, -0.25) is 14.5 Å². The van der Waals surface area contributed by atoms with E-state index in [1.54, 1.807) is 4.90 Å². The molecule has 1 rings (SSSR count). The largest absolute Gasteiger partial charge is 0.368 e. The first-order valence-corrected chi connectivity index (χ1v) is 4.85. The maximum Gasteiger partial charge on any atom is 0.241 e. The number of hydrogen-bond donors (Lipinski definition) is 1. The molecule has 0 aromatic carbocycles. The quantitative estimate of drug-likeness (QED) is 0.622. The fourth-order valence-electron chi connectivity index (χ4n) is 1.75. The molecule has 5 heteroatoms. The first-order valence-electron chi connectivity index (χ1n) is 4.85. The molecule has 5 nitrogen and oxygen atoms in total. The minimum atomic E-state index is -0.457. The molecule has 0 spiro atoms. The Morgan fingerprint density at radius 2 is 2.07 bits per heavy atom. The van der Waals surface area contributed by atoms with Crippen LogP contribution in [-0.4, -0.2) is 53.8 Å². The van der Waals surface area contributed by atoms with Crippen molar-refractivity contribution in [2.24, 2.45) is 5.73 Å². The van der Waals surface area contributed by atoms with Crippen LogP contribution in [0.2, 0.25) is 0 Å². The molecule has 0 aromatic heterocycles. The van der Waals surface area contributed by atoms with Crippen LogP contribution in [0.1, 0.15) is 13.8 Å². The van der Waals surface area contributed by atoms with Crippen LogP contribution in [0.15, 0.2) is 0 Å². The standard InChI is InChI=1S/C9H17N3O2/c1-3-11-4-5-12(7(2)13)8(6-11)9(10)14/h8H,3-6H2,1-2H3,(H2,10,14). The summed E-state index contributed by atoms with van der Waals surface area (Å²) in [5, 5.41) is 0. The van der Waals surface area contributed by atoms with Crippen LogP contribution in [0.25, 0.3) is 0 Å². The molecule has 0 aromatic rings. The third-order valence-corrected chi connectivity index (χ3v) is 2.64. The molecule has 1 unspecified atom stereocenters. The van der Waals surface area contributed by atoms with Gasteiger partial charge < -0.3 is 10.6 Å². The summed E-state index contributed by atoms with van der Waals surface area (Å²) in [5.74, 6) is -0.497. The fraction of sp³-hybridized carbons (Fsp3) is 0.778. The monoisotopic (exact) mass is 199 g/mol. The number of nitrogens with zero attached hydrogens (tertiary/aromatic N) is 2. The number of likely N-dealkylation sites (N-methyl/N-ethyl adjacent to an activating group) is 1. The summed E-state index contributed by atoms with van der Waals surface area (Å²) in [5.41, 5.74) is 5.25. The van der Waals surface area contributed by atoms with Gasteiger partial charge in [-0.1, -0.05) is 6.92 Å². The van der Waals surface area contributed by atoms with Crippen molar-refractivity contribution in [3.05, 3.63) is 0 Å². The van der Waals surface area contributed by atoms with Crippen molar-refractivity contribution in [2.75, 3.05) is 26.2 Å². The zero-order valence-electron chi connectivity index (χ0n) is 8.69. The van der Waals surface area contributed by atoms with Gasteiger partial charge in [0.25, 0.3) is 0 Å². The number of carbonyl (C=O) groups excluding carboxylic acids is 2. The van der Waals surface area contributed by atoms with Gasteiger partial charge in [0, 0.05) is 26.6 Å². The molecule has 0 radical (unpaired) electrons. The molecule has 14 heavy (non-hydrogen) atoms. The minimum Gasteiger partial charge on any atom is -0.368 e. The molecule has 1 aliphatic heterocycles. The predicted molar refractivity (Wildman–Crippen MR) is 52.5 cm³/mol. The van der Waals surface area contributed by atoms with Crippen molar-refractivity contribution in [2.45, 2.75) is 19.9 Å². The van der Waals surface area contributed by atoms with Gasteiger partial charge in [0.2, 0.25) is 11.8 Å². The fourth-order valence-corrected chi connectivity index (χ4v) is 1.75. The highest BCUT2D eigenvalue weighted by Gasteiger charge is 2.31. The number of rotatable bonds is 2. The molecule has 2 N–H and O–H groups in total. The summed E-state index contributed by atoms with van der Waals surface area (Å²) in [6, 6.07) is -0.457. The van der Waals surface area contributed by atoms with Crippen molar-refractivity contribution < 1.29 is 9.59 Å². The summed E-state index contributed by atoms with van der Waals surface area (Å²) < 4.78 is 0. The molecular weight excluding hydrogens is 182 g/mol. The molecule has 1 aliphatic rings. The highest BCUT2D eigenvalue weighted by molar-refractivity contribution is 5.86. The summed E-state index contributed by atoms with van der Waals surface area (Å²) in [6.45, 7) is 6.36. The zero-order chi connectivity index (χ0) is 10.7. The van der Waals surface area contributed by atoms with E-state index in [4.69, 9.17) is 5.73 Å². The van der Waals surface area contributed by atoms with Gasteiger partial charge in [0.05, 0.1) is 0 Å². The van der Waals surface area contributed by atoms with Crippen LogP contribution >= 0.6 is 0 Å². The topological polar surface area (TPSA) is 66.6 Å². The second kappa shape index (κ2) is 4.41. The maximum atomic E-state index is 11.2. The smallest absolute Gasteiger partial charge is 0.241 e. The van der Waals surface area contributed by atoms with E-state index in [9.17, 15) is 9.59 Å². The van der Waals surface area contributed by atoms with E-state index in [2.05, 4.69) is 4.90 Å². The first kappa shape index (κ1) is 11.0. The van der Waals surface area contributed by atoms with E-state index < -0.39 is 11.9 Å². The molecule has 1 fully saturated rings. The SMILES string of the molecule is CCN1CCN(C(C)=O)C(C(N)=O)C1. The lowest BCUT2D eigenvalue weighted by Crippen LogP contribution is -2.59. The van der Waals surface area contributed by atoms with Crippen LogP contribution in [0, 0.1) is 0 Å². The summed E-state index contributed by atoms with van der Waals surface area (Å²) in [4.78, 5) is 26.0. The highest BCUT2D eigenvalue weighted by Crippen LogP contribution is 2.09. The molecule has 1 heterocycles. The first-order chi connectivity index (χ1) is 6.56. The second-order valence-electron chi connectivity index (χ2n) is 3.52. The van der Waals surface area contributed by atoms with E-state index in [1.165, 1.54) is 6.92 Å². The maximum absolute atomic E-state index is 11.2. The van der Waals surface area contributed by atoms with Crippen LogP contribution in [0.3, 0.4) is 0 Å². The number of amides is 2. The van der Waals surface area contributed by atoms with Crippen molar-refractivity contribution in [1.29, 1.82) is 0 Å². The molecule has 1 atom stereocenters. The summed E-state index contributed by atoms with van der Waals surface area (Å²) in [7, 11) is 0.